The summed E-state index contributed by atoms with van der Waals surface area (Å²) < 4.78 is 39.3. The normalized spacial score (nSPS) is 21.9. The summed E-state index contributed by atoms with van der Waals surface area (Å²) in [6, 6.07) is 4.42. The number of rotatable bonds is 1. The van der Waals surface area contributed by atoms with Crippen LogP contribution in [0.2, 0.25) is 0 Å². The molecule has 0 radical (unpaired) electrons. The van der Waals surface area contributed by atoms with Crippen LogP contribution in [0.5, 0.6) is 0 Å². The highest BCUT2D eigenvalue weighted by atomic mass is 19.4. The predicted octanol–water partition coefficient (Wildman–Crippen LogP) is 1.36. The second-order valence-corrected chi connectivity index (χ2v) is 5.60. The minimum atomic E-state index is -4.54. The standard InChI is InChI=1S/C15H15F3N4O/c16-15(17,18)10-3-1-2-8-9(4-5-21-13(8)10)14(23)22-6-11(19)12(20)7-22/h1-5,11-12H,6-7,19-20H2/t11-,12-/m1/s1. The second-order valence-electron chi connectivity index (χ2n) is 5.60. The number of aromatic nitrogens is 1. The Kier molecular flexibility index (Phi) is 3.73. The number of amides is 1. The van der Waals surface area contributed by atoms with Gasteiger partial charge in [0.25, 0.3) is 5.91 Å². The maximum atomic E-state index is 13.1. The number of likely N-dealkylation sites (tertiary alicyclic amines) is 1. The molecule has 1 fully saturated rings. The molecule has 2 aromatic rings. The van der Waals surface area contributed by atoms with Crippen molar-refractivity contribution < 1.29 is 18.0 Å². The molecule has 0 aliphatic carbocycles. The van der Waals surface area contributed by atoms with Crippen molar-refractivity contribution in [2.24, 2.45) is 11.5 Å². The van der Waals surface area contributed by atoms with Gasteiger partial charge in [-0.05, 0) is 12.1 Å². The molecule has 23 heavy (non-hydrogen) atoms. The van der Waals surface area contributed by atoms with Gasteiger partial charge in [-0.1, -0.05) is 12.1 Å². The van der Waals surface area contributed by atoms with E-state index in [1.54, 1.807) is 0 Å². The number of hydrogen-bond acceptors (Lipinski definition) is 4. The Hall–Kier alpha value is -2.19. The zero-order valence-corrected chi connectivity index (χ0v) is 12.0. The molecular weight excluding hydrogens is 309 g/mol. The predicted molar refractivity (Wildman–Crippen MR) is 78.6 cm³/mol. The van der Waals surface area contributed by atoms with E-state index in [1.165, 1.54) is 29.3 Å². The highest BCUT2D eigenvalue weighted by Gasteiger charge is 2.35. The van der Waals surface area contributed by atoms with Crippen LogP contribution >= 0.6 is 0 Å². The maximum absolute atomic E-state index is 13.1. The molecule has 2 atom stereocenters. The van der Waals surface area contributed by atoms with Gasteiger partial charge in [0.1, 0.15) is 0 Å². The molecule has 8 heteroatoms. The van der Waals surface area contributed by atoms with Crippen molar-refractivity contribution in [2.45, 2.75) is 18.3 Å². The van der Waals surface area contributed by atoms with Gasteiger partial charge in [0.2, 0.25) is 0 Å². The molecular formula is C15H15F3N4O. The first-order chi connectivity index (χ1) is 10.8. The second kappa shape index (κ2) is 5.47. The van der Waals surface area contributed by atoms with Gasteiger partial charge in [-0.3, -0.25) is 9.78 Å². The monoisotopic (exact) mass is 324 g/mol. The third-order valence-corrected chi connectivity index (χ3v) is 4.01. The zero-order chi connectivity index (χ0) is 16.8. The average molecular weight is 324 g/mol. The first-order valence-corrected chi connectivity index (χ1v) is 7.04. The number of halogens is 3. The van der Waals surface area contributed by atoms with Crippen molar-refractivity contribution >= 4 is 16.8 Å². The smallest absolute Gasteiger partial charge is 0.335 e. The topological polar surface area (TPSA) is 85.2 Å². The van der Waals surface area contributed by atoms with Gasteiger partial charge < -0.3 is 16.4 Å². The number of para-hydroxylation sites is 1. The third kappa shape index (κ3) is 2.75. The number of nitrogens with two attached hydrogens (primary N) is 2. The van der Waals surface area contributed by atoms with Crippen molar-refractivity contribution in [3.63, 3.8) is 0 Å². The van der Waals surface area contributed by atoms with E-state index in [1.807, 2.05) is 0 Å². The van der Waals surface area contributed by atoms with Crippen LogP contribution in [0.15, 0.2) is 30.5 Å². The summed E-state index contributed by atoms with van der Waals surface area (Å²) in [6.07, 6.45) is -3.33. The molecule has 0 spiro atoms. The van der Waals surface area contributed by atoms with Crippen LogP contribution < -0.4 is 11.5 Å². The summed E-state index contributed by atoms with van der Waals surface area (Å²) >= 11 is 0. The quantitative estimate of drug-likeness (QED) is 0.829. The van der Waals surface area contributed by atoms with Crippen LogP contribution in [0.4, 0.5) is 13.2 Å². The molecule has 3 rings (SSSR count). The first kappa shape index (κ1) is 15.7. The van der Waals surface area contributed by atoms with Gasteiger partial charge >= 0.3 is 6.18 Å². The van der Waals surface area contributed by atoms with Crippen LogP contribution in [0, 0.1) is 0 Å². The summed E-state index contributed by atoms with van der Waals surface area (Å²) in [7, 11) is 0. The van der Waals surface area contributed by atoms with Crippen molar-refractivity contribution in [3.05, 3.63) is 41.6 Å². The molecule has 2 heterocycles. The summed E-state index contributed by atoms with van der Waals surface area (Å²) in [5.41, 5.74) is 10.7. The molecule has 1 aromatic heterocycles. The third-order valence-electron chi connectivity index (χ3n) is 4.01. The lowest BCUT2D eigenvalue weighted by Crippen LogP contribution is -2.39. The largest absolute Gasteiger partial charge is 0.418 e. The number of carbonyl (C=O) groups excluding carboxylic acids is 1. The van der Waals surface area contributed by atoms with Crippen molar-refractivity contribution in [3.8, 4) is 0 Å². The molecule has 1 saturated heterocycles. The van der Waals surface area contributed by atoms with Crippen LogP contribution in [0.25, 0.3) is 10.9 Å². The molecule has 0 saturated carbocycles. The van der Waals surface area contributed by atoms with Crippen LogP contribution in [0.3, 0.4) is 0 Å². The molecule has 1 aromatic carbocycles. The Bertz CT molecular complexity index is 752. The van der Waals surface area contributed by atoms with Gasteiger partial charge in [-0.25, -0.2) is 0 Å². The van der Waals surface area contributed by atoms with E-state index in [2.05, 4.69) is 4.98 Å². The van der Waals surface area contributed by atoms with Gasteiger partial charge in [-0.2, -0.15) is 13.2 Å². The van der Waals surface area contributed by atoms with Crippen molar-refractivity contribution in [1.29, 1.82) is 0 Å². The number of carbonyl (C=O) groups is 1. The SMILES string of the molecule is N[C@@H]1CN(C(=O)c2ccnc3c(C(F)(F)F)cccc23)C[C@H]1N. The first-order valence-electron chi connectivity index (χ1n) is 7.04. The van der Waals surface area contributed by atoms with E-state index in [4.69, 9.17) is 11.5 Å². The van der Waals surface area contributed by atoms with Gasteiger partial charge in [0.15, 0.2) is 0 Å². The fourth-order valence-corrected chi connectivity index (χ4v) is 2.78. The molecule has 5 nitrogen and oxygen atoms in total. The fraction of sp³-hybridized carbons (Fsp3) is 0.333. The number of fused-ring (bicyclic) bond motifs is 1. The number of hydrogen-bond donors (Lipinski definition) is 2. The molecule has 1 aliphatic heterocycles. The summed E-state index contributed by atoms with van der Waals surface area (Å²) in [6.45, 7) is 0.561. The summed E-state index contributed by atoms with van der Waals surface area (Å²) in [4.78, 5) is 17.9. The number of alkyl halides is 3. The Morgan fingerprint density at radius 3 is 2.43 bits per heavy atom. The van der Waals surface area contributed by atoms with E-state index < -0.39 is 11.7 Å². The zero-order valence-electron chi connectivity index (χ0n) is 12.0. The van der Waals surface area contributed by atoms with Crippen molar-refractivity contribution in [1.82, 2.24) is 9.88 Å². The number of nitrogens with zero attached hydrogens (tertiary/aromatic N) is 2. The average Bonchev–Trinajstić information content (AvgIpc) is 2.84. The van der Waals surface area contributed by atoms with Crippen molar-refractivity contribution in [2.75, 3.05) is 13.1 Å². The van der Waals surface area contributed by atoms with Crippen LogP contribution in [-0.4, -0.2) is 41.0 Å². The molecule has 1 aliphatic rings. The molecule has 1 amide bonds. The Morgan fingerprint density at radius 1 is 1.17 bits per heavy atom. The van der Waals surface area contributed by atoms with E-state index in [0.717, 1.165) is 6.07 Å². The lowest BCUT2D eigenvalue weighted by Gasteiger charge is -2.17. The minimum Gasteiger partial charge on any atom is -0.335 e. The minimum absolute atomic E-state index is 0.168. The highest BCUT2D eigenvalue weighted by Crippen LogP contribution is 2.34. The van der Waals surface area contributed by atoms with Gasteiger partial charge in [-0.15, -0.1) is 0 Å². The van der Waals surface area contributed by atoms with E-state index in [0.29, 0.717) is 0 Å². The molecule has 0 bridgehead atoms. The maximum Gasteiger partial charge on any atom is 0.418 e. The number of pyridine rings is 1. The molecule has 0 unspecified atom stereocenters. The lowest BCUT2D eigenvalue weighted by molar-refractivity contribution is -0.136. The number of benzene rings is 1. The van der Waals surface area contributed by atoms with Crippen LogP contribution in [0.1, 0.15) is 15.9 Å². The molecule has 122 valence electrons. The lowest BCUT2D eigenvalue weighted by atomic mass is 10.0. The Balaban J connectivity index is 2.07. The molecule has 4 N–H and O–H groups in total. The summed E-state index contributed by atoms with van der Waals surface area (Å²) in [5.74, 6) is -0.389. The van der Waals surface area contributed by atoms with Gasteiger partial charge in [0, 0.05) is 36.8 Å². The fourth-order valence-electron chi connectivity index (χ4n) is 2.78. The summed E-state index contributed by atoms with van der Waals surface area (Å²) in [5, 5.41) is 0.168. The van der Waals surface area contributed by atoms with Crippen LogP contribution in [-0.2, 0) is 6.18 Å². The van der Waals surface area contributed by atoms with E-state index >= 15 is 0 Å². The highest BCUT2D eigenvalue weighted by molar-refractivity contribution is 6.06. The van der Waals surface area contributed by atoms with E-state index in [-0.39, 0.29) is 47.5 Å². The Labute approximate surface area is 130 Å². The van der Waals surface area contributed by atoms with E-state index in [9.17, 15) is 18.0 Å². The van der Waals surface area contributed by atoms with Gasteiger partial charge in [0.05, 0.1) is 16.6 Å². The Morgan fingerprint density at radius 2 is 1.83 bits per heavy atom.